The number of nitrogens with zero attached hydrogens (tertiary/aromatic N) is 4. The van der Waals surface area contributed by atoms with Crippen LogP contribution in [0.2, 0.25) is 0 Å². The van der Waals surface area contributed by atoms with Crippen molar-refractivity contribution in [1.29, 1.82) is 0 Å². The van der Waals surface area contributed by atoms with E-state index in [9.17, 15) is 13.6 Å². The average Bonchev–Trinajstić information content (AvgIpc) is 2.76. The number of likely N-dealkylation sites (tertiary alicyclic amines) is 1. The van der Waals surface area contributed by atoms with E-state index in [1.54, 1.807) is 21.9 Å². The molecule has 2 aliphatic rings. The van der Waals surface area contributed by atoms with Crippen LogP contribution in [0.1, 0.15) is 41.4 Å². The first-order valence-electron chi connectivity index (χ1n) is 9.96. The van der Waals surface area contributed by atoms with Crippen LogP contribution in [0.3, 0.4) is 0 Å². The lowest BCUT2D eigenvalue weighted by Gasteiger charge is -2.49. The van der Waals surface area contributed by atoms with E-state index >= 15 is 0 Å². The molecule has 1 amide bonds. The standard InChI is InChI=1S/C21H24F2N6O/c1-2-29-18-16(23)6-5-15(22)17(18)19(25)27-21(29)7-9-28(10-8-21)20(30)13-3-4-14(11-24)26-12-13/h3-6,12H,2,7-11,24H2,1H3,(H2,25,27). The molecule has 2 aromatic rings. The van der Waals surface area contributed by atoms with Crippen molar-refractivity contribution in [3.63, 3.8) is 0 Å². The number of amidine groups is 1. The molecular formula is C21H24F2N6O. The molecule has 4 rings (SSSR count). The fourth-order valence-corrected chi connectivity index (χ4v) is 4.35. The Morgan fingerprint density at radius 1 is 1.17 bits per heavy atom. The molecule has 0 bridgehead atoms. The third-order valence-electron chi connectivity index (χ3n) is 5.88. The predicted octanol–water partition coefficient (Wildman–Crippen LogP) is 2.00. The first kappa shape index (κ1) is 20.2. The van der Waals surface area contributed by atoms with E-state index in [0.29, 0.717) is 50.3 Å². The van der Waals surface area contributed by atoms with Crippen LogP contribution in [0.25, 0.3) is 0 Å². The van der Waals surface area contributed by atoms with Crippen molar-refractivity contribution in [1.82, 2.24) is 9.88 Å². The third kappa shape index (κ3) is 3.19. The van der Waals surface area contributed by atoms with Crippen LogP contribution >= 0.6 is 0 Å². The summed E-state index contributed by atoms with van der Waals surface area (Å²) in [5.41, 5.74) is 12.2. The van der Waals surface area contributed by atoms with Gasteiger partial charge >= 0.3 is 0 Å². The van der Waals surface area contributed by atoms with Crippen molar-refractivity contribution >= 4 is 17.4 Å². The van der Waals surface area contributed by atoms with E-state index in [-0.39, 0.29) is 23.0 Å². The molecule has 7 nitrogen and oxygen atoms in total. The van der Waals surface area contributed by atoms with Gasteiger partial charge in [-0.3, -0.25) is 9.78 Å². The zero-order valence-corrected chi connectivity index (χ0v) is 16.7. The number of rotatable bonds is 3. The van der Waals surface area contributed by atoms with Gasteiger partial charge in [0.25, 0.3) is 5.91 Å². The molecule has 0 atom stereocenters. The lowest BCUT2D eigenvalue weighted by Crippen LogP contribution is -2.58. The molecule has 0 unspecified atom stereocenters. The summed E-state index contributed by atoms with van der Waals surface area (Å²) in [5.74, 6) is -1.26. The van der Waals surface area contributed by atoms with Crippen LogP contribution in [0, 0.1) is 11.6 Å². The summed E-state index contributed by atoms with van der Waals surface area (Å²) in [6, 6.07) is 5.62. The lowest BCUT2D eigenvalue weighted by molar-refractivity contribution is 0.0668. The minimum atomic E-state index is -0.807. The van der Waals surface area contributed by atoms with Gasteiger partial charge in [0, 0.05) is 45.2 Å². The number of hydrogen-bond acceptors (Lipinski definition) is 6. The van der Waals surface area contributed by atoms with E-state index in [4.69, 9.17) is 11.5 Å². The number of amides is 1. The number of aliphatic imine (C=N–C) groups is 1. The molecule has 30 heavy (non-hydrogen) atoms. The van der Waals surface area contributed by atoms with Gasteiger partial charge in [-0.1, -0.05) is 0 Å². The van der Waals surface area contributed by atoms with E-state index in [2.05, 4.69) is 9.98 Å². The van der Waals surface area contributed by atoms with Crippen molar-refractivity contribution in [2.24, 2.45) is 16.5 Å². The van der Waals surface area contributed by atoms with Gasteiger partial charge in [0.1, 0.15) is 23.1 Å². The Labute approximate surface area is 173 Å². The first-order chi connectivity index (χ1) is 14.4. The van der Waals surface area contributed by atoms with Crippen molar-refractivity contribution in [3.05, 3.63) is 58.9 Å². The van der Waals surface area contributed by atoms with Gasteiger partial charge < -0.3 is 21.3 Å². The molecule has 0 aliphatic carbocycles. The zero-order valence-electron chi connectivity index (χ0n) is 16.7. The van der Waals surface area contributed by atoms with E-state index in [1.807, 2.05) is 6.92 Å². The number of piperidine rings is 1. The van der Waals surface area contributed by atoms with Crippen LogP contribution in [0.15, 0.2) is 35.5 Å². The Morgan fingerprint density at radius 3 is 2.47 bits per heavy atom. The molecule has 3 heterocycles. The number of aromatic nitrogens is 1. The quantitative estimate of drug-likeness (QED) is 0.800. The summed E-state index contributed by atoms with van der Waals surface area (Å²) in [6.45, 7) is 3.44. The topological polar surface area (TPSA) is 101 Å². The fraction of sp³-hybridized carbons (Fsp3) is 0.381. The monoisotopic (exact) mass is 414 g/mol. The number of halogens is 2. The Morgan fingerprint density at radius 2 is 1.87 bits per heavy atom. The smallest absolute Gasteiger partial charge is 0.255 e. The van der Waals surface area contributed by atoms with Crippen molar-refractivity contribution < 1.29 is 13.6 Å². The van der Waals surface area contributed by atoms with Gasteiger partial charge in [-0.2, -0.15) is 0 Å². The molecule has 4 N–H and O–H groups in total. The van der Waals surface area contributed by atoms with Gasteiger partial charge in [-0.25, -0.2) is 13.8 Å². The number of benzene rings is 1. The highest BCUT2D eigenvalue weighted by Crippen LogP contribution is 2.41. The number of carbonyl (C=O) groups excluding carboxylic acids is 1. The van der Waals surface area contributed by atoms with Gasteiger partial charge in [-0.05, 0) is 31.2 Å². The molecule has 1 aromatic heterocycles. The summed E-state index contributed by atoms with van der Waals surface area (Å²) >= 11 is 0. The summed E-state index contributed by atoms with van der Waals surface area (Å²) in [6.07, 6.45) is 2.44. The van der Waals surface area contributed by atoms with Crippen LogP contribution in [0.4, 0.5) is 14.5 Å². The van der Waals surface area contributed by atoms with Gasteiger partial charge in [0.15, 0.2) is 0 Å². The Kier molecular flexibility index (Phi) is 5.15. The van der Waals surface area contributed by atoms with E-state index in [0.717, 1.165) is 12.1 Å². The van der Waals surface area contributed by atoms with Crippen LogP contribution in [0.5, 0.6) is 0 Å². The first-order valence-corrected chi connectivity index (χ1v) is 9.96. The second kappa shape index (κ2) is 7.64. The second-order valence-corrected chi connectivity index (χ2v) is 7.51. The maximum atomic E-state index is 14.7. The maximum Gasteiger partial charge on any atom is 0.255 e. The van der Waals surface area contributed by atoms with Gasteiger partial charge in [0.2, 0.25) is 0 Å². The van der Waals surface area contributed by atoms with E-state index in [1.165, 1.54) is 6.20 Å². The minimum absolute atomic E-state index is 0.00644. The SMILES string of the molecule is CCN1c2c(F)ccc(F)c2C(N)=NC12CCN(C(=O)c1ccc(CN)nc1)CC2. The molecule has 1 spiro atoms. The molecule has 0 radical (unpaired) electrons. The molecule has 158 valence electrons. The molecule has 1 fully saturated rings. The minimum Gasteiger partial charge on any atom is -0.383 e. The zero-order chi connectivity index (χ0) is 21.5. The molecule has 1 aromatic carbocycles. The molecule has 2 aliphatic heterocycles. The molecule has 0 saturated carbocycles. The van der Waals surface area contributed by atoms with Gasteiger partial charge in [0.05, 0.1) is 22.5 Å². The number of hydrogen-bond donors (Lipinski definition) is 2. The summed E-state index contributed by atoms with van der Waals surface area (Å²) in [5, 5.41) is 0. The number of fused-ring (bicyclic) bond motifs is 1. The third-order valence-corrected chi connectivity index (χ3v) is 5.88. The maximum absolute atomic E-state index is 14.7. The lowest BCUT2D eigenvalue weighted by atomic mass is 9.90. The van der Waals surface area contributed by atoms with Gasteiger partial charge in [-0.15, -0.1) is 0 Å². The van der Waals surface area contributed by atoms with Crippen molar-refractivity contribution in [2.75, 3.05) is 24.5 Å². The number of pyridine rings is 1. The second-order valence-electron chi connectivity index (χ2n) is 7.51. The predicted molar refractivity (Wildman–Crippen MR) is 110 cm³/mol. The number of anilines is 1. The van der Waals surface area contributed by atoms with E-state index < -0.39 is 17.3 Å². The Hall–Kier alpha value is -3.07. The molecule has 1 saturated heterocycles. The van der Waals surface area contributed by atoms with Crippen molar-refractivity contribution in [3.8, 4) is 0 Å². The highest BCUT2D eigenvalue weighted by atomic mass is 19.1. The highest BCUT2D eigenvalue weighted by molar-refractivity contribution is 6.05. The Balaban J connectivity index is 1.59. The van der Waals surface area contributed by atoms with Crippen LogP contribution < -0.4 is 16.4 Å². The number of carbonyl (C=O) groups is 1. The largest absolute Gasteiger partial charge is 0.383 e. The fourth-order valence-electron chi connectivity index (χ4n) is 4.35. The average molecular weight is 414 g/mol. The van der Waals surface area contributed by atoms with Crippen LogP contribution in [-0.2, 0) is 6.54 Å². The summed E-state index contributed by atoms with van der Waals surface area (Å²) in [4.78, 5) is 25.1. The number of nitrogens with two attached hydrogens (primary N) is 2. The summed E-state index contributed by atoms with van der Waals surface area (Å²) in [7, 11) is 0. The van der Waals surface area contributed by atoms with Crippen molar-refractivity contribution in [2.45, 2.75) is 32.0 Å². The Bertz CT molecular complexity index is 999. The van der Waals surface area contributed by atoms with Crippen LogP contribution in [-0.4, -0.2) is 46.9 Å². The summed E-state index contributed by atoms with van der Waals surface area (Å²) < 4.78 is 29.0. The molecule has 9 heteroatoms. The normalized spacial score (nSPS) is 17.7. The molecular weight excluding hydrogens is 390 g/mol. The highest BCUT2D eigenvalue weighted by Gasteiger charge is 2.45.